The highest BCUT2D eigenvalue weighted by atomic mass is 79.9. The van der Waals surface area contributed by atoms with Crippen molar-refractivity contribution in [1.29, 1.82) is 0 Å². The van der Waals surface area contributed by atoms with Crippen molar-refractivity contribution in [3.05, 3.63) is 64.4 Å². The minimum absolute atomic E-state index is 0.597. The molecule has 126 valence electrons. The van der Waals surface area contributed by atoms with Crippen molar-refractivity contribution in [2.24, 2.45) is 7.05 Å². The predicted molar refractivity (Wildman–Crippen MR) is 102 cm³/mol. The molecule has 6 nitrogen and oxygen atoms in total. The summed E-state index contributed by atoms with van der Waals surface area (Å²) in [4.78, 5) is 4.77. The van der Waals surface area contributed by atoms with Crippen molar-refractivity contribution < 1.29 is 0 Å². The zero-order chi connectivity index (χ0) is 17.4. The van der Waals surface area contributed by atoms with E-state index in [1.54, 1.807) is 10.9 Å². The molecule has 4 rings (SSSR count). The maximum atomic E-state index is 4.77. The lowest BCUT2D eigenvalue weighted by molar-refractivity contribution is 0.682. The second kappa shape index (κ2) is 6.33. The number of aryl methyl sites for hydroxylation is 2. The Balaban J connectivity index is 1.80. The number of aromatic nitrogens is 5. The number of imidazole rings is 1. The lowest BCUT2D eigenvalue weighted by atomic mass is 10.2. The fourth-order valence-corrected chi connectivity index (χ4v) is 3.12. The summed E-state index contributed by atoms with van der Waals surface area (Å²) in [6.07, 6.45) is 1.75. The highest BCUT2D eigenvalue weighted by molar-refractivity contribution is 9.10. The zero-order valence-corrected chi connectivity index (χ0v) is 15.5. The van der Waals surface area contributed by atoms with Gasteiger partial charge < -0.3 is 5.32 Å². The molecule has 0 atom stereocenters. The first kappa shape index (κ1) is 15.8. The van der Waals surface area contributed by atoms with Gasteiger partial charge >= 0.3 is 0 Å². The molecule has 0 aliphatic carbocycles. The SMILES string of the molecule is Cc1ccc(-n2c(NCc3cnnn3C)nc3cc(Br)ccc32)cc1. The normalized spacial score (nSPS) is 11.2. The lowest BCUT2D eigenvalue weighted by Gasteiger charge is -2.11. The Hall–Kier alpha value is -2.67. The maximum absolute atomic E-state index is 4.77. The fraction of sp³-hybridized carbons (Fsp3) is 0.167. The van der Waals surface area contributed by atoms with Crippen molar-refractivity contribution in [3.63, 3.8) is 0 Å². The van der Waals surface area contributed by atoms with Crippen LogP contribution in [0.3, 0.4) is 0 Å². The summed E-state index contributed by atoms with van der Waals surface area (Å²) in [5, 5.41) is 11.3. The second-order valence-electron chi connectivity index (χ2n) is 5.94. The minimum Gasteiger partial charge on any atom is -0.350 e. The number of nitrogens with zero attached hydrogens (tertiary/aromatic N) is 5. The van der Waals surface area contributed by atoms with E-state index in [1.165, 1.54) is 5.56 Å². The molecule has 2 aromatic heterocycles. The fourth-order valence-electron chi connectivity index (χ4n) is 2.77. The van der Waals surface area contributed by atoms with Crippen LogP contribution < -0.4 is 5.32 Å². The van der Waals surface area contributed by atoms with Crippen LogP contribution in [0.2, 0.25) is 0 Å². The van der Waals surface area contributed by atoms with E-state index in [2.05, 4.69) is 73.4 Å². The van der Waals surface area contributed by atoms with Crippen LogP contribution in [-0.4, -0.2) is 24.5 Å². The van der Waals surface area contributed by atoms with Gasteiger partial charge in [0.15, 0.2) is 0 Å². The summed E-state index contributed by atoms with van der Waals surface area (Å²) in [6.45, 7) is 2.68. The predicted octanol–water partition coefficient (Wildman–Crippen LogP) is 3.84. The smallest absolute Gasteiger partial charge is 0.208 e. The molecule has 7 heteroatoms. The number of nitrogens with one attached hydrogen (secondary N) is 1. The number of hydrogen-bond donors (Lipinski definition) is 1. The van der Waals surface area contributed by atoms with Crippen LogP contribution in [-0.2, 0) is 13.6 Å². The van der Waals surface area contributed by atoms with E-state index in [9.17, 15) is 0 Å². The number of benzene rings is 2. The number of rotatable bonds is 4. The number of anilines is 1. The van der Waals surface area contributed by atoms with Crippen molar-refractivity contribution >= 4 is 32.9 Å². The molecule has 2 aromatic carbocycles. The molecule has 4 aromatic rings. The summed E-state index contributed by atoms with van der Waals surface area (Å²) < 4.78 is 4.89. The van der Waals surface area contributed by atoms with Gasteiger partial charge in [-0.25, -0.2) is 4.98 Å². The number of hydrogen-bond acceptors (Lipinski definition) is 4. The Labute approximate surface area is 153 Å². The van der Waals surface area contributed by atoms with E-state index in [1.807, 2.05) is 19.2 Å². The largest absolute Gasteiger partial charge is 0.350 e. The highest BCUT2D eigenvalue weighted by Crippen LogP contribution is 2.27. The Kier molecular flexibility index (Phi) is 4.01. The van der Waals surface area contributed by atoms with Crippen LogP contribution in [0.1, 0.15) is 11.3 Å². The first-order valence-electron chi connectivity index (χ1n) is 7.94. The average Bonchev–Trinajstić information content (AvgIpc) is 3.16. The molecule has 25 heavy (non-hydrogen) atoms. The monoisotopic (exact) mass is 396 g/mol. The van der Waals surface area contributed by atoms with Gasteiger partial charge in [0.25, 0.3) is 0 Å². The molecule has 0 saturated carbocycles. The minimum atomic E-state index is 0.597. The van der Waals surface area contributed by atoms with E-state index < -0.39 is 0 Å². The van der Waals surface area contributed by atoms with Crippen LogP contribution in [0.25, 0.3) is 16.7 Å². The zero-order valence-electron chi connectivity index (χ0n) is 13.9. The molecule has 1 N–H and O–H groups in total. The van der Waals surface area contributed by atoms with Crippen molar-refractivity contribution in [1.82, 2.24) is 24.5 Å². The van der Waals surface area contributed by atoms with Crippen LogP contribution in [0.15, 0.2) is 53.1 Å². The molecule has 0 bridgehead atoms. The Morgan fingerprint density at radius 3 is 2.64 bits per heavy atom. The van der Waals surface area contributed by atoms with Crippen molar-refractivity contribution in [2.75, 3.05) is 5.32 Å². The summed E-state index contributed by atoms with van der Waals surface area (Å²) >= 11 is 3.52. The van der Waals surface area contributed by atoms with Gasteiger partial charge in [0.2, 0.25) is 5.95 Å². The molecule has 2 heterocycles. The van der Waals surface area contributed by atoms with E-state index in [0.29, 0.717) is 6.54 Å². The van der Waals surface area contributed by atoms with Crippen LogP contribution in [0.4, 0.5) is 5.95 Å². The molecule has 0 fully saturated rings. The third kappa shape index (κ3) is 3.02. The molecule has 0 spiro atoms. The lowest BCUT2D eigenvalue weighted by Crippen LogP contribution is -2.09. The molecule has 0 radical (unpaired) electrons. The first-order valence-corrected chi connectivity index (χ1v) is 8.73. The van der Waals surface area contributed by atoms with Gasteiger partial charge in [0, 0.05) is 17.2 Å². The van der Waals surface area contributed by atoms with Crippen LogP contribution in [0, 0.1) is 6.92 Å². The number of fused-ring (bicyclic) bond motifs is 1. The van der Waals surface area contributed by atoms with Gasteiger partial charge in [-0.15, -0.1) is 5.10 Å². The Morgan fingerprint density at radius 1 is 1.12 bits per heavy atom. The van der Waals surface area contributed by atoms with E-state index in [-0.39, 0.29) is 0 Å². The third-order valence-corrected chi connectivity index (χ3v) is 4.64. The molecule has 0 unspecified atom stereocenters. The first-order chi connectivity index (χ1) is 12.1. The molecule has 0 amide bonds. The molecule has 0 aliphatic rings. The summed E-state index contributed by atoms with van der Waals surface area (Å²) in [5.74, 6) is 0.790. The van der Waals surface area contributed by atoms with Gasteiger partial charge in [0.05, 0.1) is 29.5 Å². The summed E-state index contributed by atoms with van der Waals surface area (Å²) in [7, 11) is 1.88. The quantitative estimate of drug-likeness (QED) is 0.569. The van der Waals surface area contributed by atoms with Gasteiger partial charge in [-0.1, -0.05) is 38.8 Å². The van der Waals surface area contributed by atoms with Gasteiger partial charge in [0.1, 0.15) is 0 Å². The number of halogens is 1. The van der Waals surface area contributed by atoms with Crippen LogP contribution >= 0.6 is 15.9 Å². The molecule has 0 aliphatic heterocycles. The van der Waals surface area contributed by atoms with Crippen molar-refractivity contribution in [3.8, 4) is 5.69 Å². The third-order valence-electron chi connectivity index (χ3n) is 4.14. The Bertz CT molecular complexity index is 1030. The summed E-state index contributed by atoms with van der Waals surface area (Å²) in [5.41, 5.74) is 5.27. The van der Waals surface area contributed by atoms with E-state index >= 15 is 0 Å². The van der Waals surface area contributed by atoms with Gasteiger partial charge in [-0.2, -0.15) is 0 Å². The van der Waals surface area contributed by atoms with E-state index in [4.69, 9.17) is 4.98 Å². The van der Waals surface area contributed by atoms with Crippen LogP contribution in [0.5, 0.6) is 0 Å². The Morgan fingerprint density at radius 2 is 1.92 bits per heavy atom. The second-order valence-corrected chi connectivity index (χ2v) is 6.86. The molecule has 0 saturated heterocycles. The molecular weight excluding hydrogens is 380 g/mol. The highest BCUT2D eigenvalue weighted by Gasteiger charge is 2.13. The molecular formula is C18H17BrN6. The van der Waals surface area contributed by atoms with Gasteiger partial charge in [-0.05, 0) is 37.3 Å². The van der Waals surface area contributed by atoms with Crippen molar-refractivity contribution in [2.45, 2.75) is 13.5 Å². The maximum Gasteiger partial charge on any atom is 0.208 e. The van der Waals surface area contributed by atoms with Gasteiger partial charge in [-0.3, -0.25) is 9.25 Å². The average molecular weight is 397 g/mol. The topological polar surface area (TPSA) is 60.6 Å². The summed E-state index contributed by atoms with van der Waals surface area (Å²) in [6, 6.07) is 14.6. The standard InChI is InChI=1S/C18H17BrN6/c1-12-3-6-14(7-4-12)25-17-8-5-13(19)9-16(17)22-18(25)20-10-15-11-21-23-24(15)2/h3-9,11H,10H2,1-2H3,(H,20,22). The van der Waals surface area contributed by atoms with E-state index in [0.717, 1.165) is 32.8 Å².